The number of likely N-dealkylation sites (N-methyl/N-ethyl adjacent to an activating group) is 1. The van der Waals surface area contributed by atoms with Crippen LogP contribution in [0.5, 0.6) is 11.5 Å². The first kappa shape index (κ1) is 41.1. The molecular formula is C44H62N4O7. The van der Waals surface area contributed by atoms with Crippen molar-refractivity contribution in [2.45, 2.75) is 90.1 Å². The van der Waals surface area contributed by atoms with E-state index >= 15 is 0 Å². The zero-order valence-electron chi connectivity index (χ0n) is 33.7. The Labute approximate surface area is 326 Å². The second-order valence-electron chi connectivity index (χ2n) is 16.9. The number of rotatable bonds is 16. The fraction of sp³-hybridized carbons (Fsp3) is 0.568. The molecule has 3 saturated carbocycles. The highest BCUT2D eigenvalue weighted by atomic mass is 16.7. The number of carbonyl (C=O) groups is 1. The van der Waals surface area contributed by atoms with Crippen molar-refractivity contribution in [3.05, 3.63) is 83.4 Å². The first-order valence-corrected chi connectivity index (χ1v) is 19.8. The summed E-state index contributed by atoms with van der Waals surface area (Å²) in [4.78, 5) is 22.4. The molecule has 4 aliphatic rings. The Kier molecular flexibility index (Phi) is 12.9. The van der Waals surface area contributed by atoms with Crippen LogP contribution in [0.1, 0.15) is 62.0 Å². The van der Waals surface area contributed by atoms with E-state index in [0.717, 1.165) is 23.1 Å². The second kappa shape index (κ2) is 17.3. The molecule has 1 heterocycles. The number of ether oxygens (including phenoxy) is 2. The normalized spacial score (nSPS) is 27.6. The van der Waals surface area contributed by atoms with Gasteiger partial charge < -0.3 is 35.0 Å². The van der Waals surface area contributed by atoms with E-state index in [-0.39, 0.29) is 31.1 Å². The maximum Gasteiger partial charge on any atom is 0.255 e. The molecule has 0 radical (unpaired) electrons. The lowest BCUT2D eigenvalue weighted by Crippen LogP contribution is -2.63. The lowest BCUT2D eigenvalue weighted by atomic mass is 9.44. The summed E-state index contributed by atoms with van der Waals surface area (Å²) < 4.78 is 12.1. The number of aliphatic hydroxyl groups excluding tert-OH is 3. The Morgan fingerprint density at radius 3 is 2.25 bits per heavy atom. The fourth-order valence-electron chi connectivity index (χ4n) is 9.92. The number of amides is 1. The highest BCUT2D eigenvalue weighted by Crippen LogP contribution is 2.61. The molecule has 7 rings (SSSR count). The van der Waals surface area contributed by atoms with Gasteiger partial charge in [0.25, 0.3) is 5.91 Å². The minimum atomic E-state index is -1.02. The fourth-order valence-corrected chi connectivity index (χ4v) is 9.92. The van der Waals surface area contributed by atoms with E-state index in [0.29, 0.717) is 58.8 Å². The number of benzene rings is 3. The third-order valence-electron chi connectivity index (χ3n) is 12.9. The third kappa shape index (κ3) is 8.44. The van der Waals surface area contributed by atoms with Crippen molar-refractivity contribution in [3.8, 4) is 22.6 Å². The van der Waals surface area contributed by atoms with Crippen LogP contribution in [0.2, 0.25) is 0 Å². The number of para-hydroxylation sites is 2. The molecule has 1 saturated heterocycles. The molecule has 4 fully saturated rings. The van der Waals surface area contributed by atoms with Crippen LogP contribution >= 0.6 is 0 Å². The van der Waals surface area contributed by atoms with E-state index in [9.17, 15) is 20.1 Å². The highest BCUT2D eigenvalue weighted by Gasteiger charge is 2.57. The van der Waals surface area contributed by atoms with Gasteiger partial charge in [-0.1, -0.05) is 81.4 Å². The summed E-state index contributed by atoms with van der Waals surface area (Å²) in [5, 5.41) is 41.8. The second-order valence-corrected chi connectivity index (χ2v) is 16.9. The van der Waals surface area contributed by atoms with Gasteiger partial charge in [-0.15, -0.1) is 0 Å². The number of nitrogens with zero attached hydrogens (tertiary/aromatic N) is 2. The molecule has 55 heavy (non-hydrogen) atoms. The van der Waals surface area contributed by atoms with Crippen molar-refractivity contribution in [3.63, 3.8) is 0 Å². The summed E-state index contributed by atoms with van der Waals surface area (Å²) in [6.07, 6.45) is 0.307. The zero-order chi connectivity index (χ0) is 39.6. The van der Waals surface area contributed by atoms with Crippen LogP contribution in [0.15, 0.2) is 66.7 Å². The van der Waals surface area contributed by atoms with E-state index in [1.54, 1.807) is 32.3 Å². The number of hydroxylamine groups is 2. The molecule has 11 heteroatoms. The van der Waals surface area contributed by atoms with Crippen LogP contribution < -0.4 is 20.1 Å². The minimum Gasteiger partial charge on any atom is -0.496 e. The number of hydrogen-bond acceptors (Lipinski definition) is 10. The average molecular weight is 759 g/mol. The van der Waals surface area contributed by atoms with Gasteiger partial charge in [0.1, 0.15) is 23.8 Å². The van der Waals surface area contributed by atoms with Crippen molar-refractivity contribution < 1.29 is 34.4 Å². The topological polar surface area (TPSA) is 136 Å². The predicted octanol–water partition coefficient (Wildman–Crippen LogP) is 4.73. The summed E-state index contributed by atoms with van der Waals surface area (Å²) in [6, 6.07) is 20.8. The van der Waals surface area contributed by atoms with Crippen LogP contribution in [0.25, 0.3) is 11.1 Å². The lowest BCUT2D eigenvalue weighted by Gasteiger charge is -2.62. The van der Waals surface area contributed by atoms with E-state index < -0.39 is 30.4 Å². The van der Waals surface area contributed by atoms with Gasteiger partial charge in [0, 0.05) is 41.2 Å². The van der Waals surface area contributed by atoms with Gasteiger partial charge in [-0.05, 0) is 75.1 Å². The smallest absolute Gasteiger partial charge is 0.255 e. The standard InChI is InChI=1S/C44H62N4O7/c1-26-35-21-30(44(35,3)4)22-36(26)46-43(52)39-38(27(2)50)37(25-49)55-48(39)23-29-16-12-17-32(40(29)53-7)33-18-13-19-34(41(33)54-8)42(51)45-31(24-47(5)6)20-28-14-10-9-11-15-28/h9-19,26-27,30-31,35-39,43,46,49-50,52H,20-25H2,1-8H3,(H,45,51)/t26-,27-,30+,31+,35-,36-,37-,38-,39-,43?/m0/s1. The van der Waals surface area contributed by atoms with Crippen LogP contribution in [0.4, 0.5) is 0 Å². The molecule has 300 valence electrons. The largest absolute Gasteiger partial charge is 0.496 e. The van der Waals surface area contributed by atoms with Crippen molar-refractivity contribution in [1.82, 2.24) is 20.6 Å². The number of methoxy groups -OCH3 is 2. The van der Waals surface area contributed by atoms with E-state index in [1.165, 1.54) is 6.42 Å². The number of hydrogen-bond donors (Lipinski definition) is 5. The number of nitrogens with one attached hydrogen (secondary N) is 2. The monoisotopic (exact) mass is 758 g/mol. The Morgan fingerprint density at radius 1 is 0.982 bits per heavy atom. The minimum absolute atomic E-state index is 0.128. The summed E-state index contributed by atoms with van der Waals surface area (Å²) in [5.74, 6) is 1.77. The quantitative estimate of drug-likeness (QED) is 0.131. The van der Waals surface area contributed by atoms with Crippen LogP contribution in [-0.4, -0.2) is 109 Å². The van der Waals surface area contributed by atoms with E-state index in [1.807, 2.05) is 62.6 Å². The highest BCUT2D eigenvalue weighted by molar-refractivity contribution is 6.00. The Hall–Kier alpha value is -3.55. The van der Waals surface area contributed by atoms with Crippen molar-refractivity contribution in [2.24, 2.45) is 29.1 Å². The summed E-state index contributed by atoms with van der Waals surface area (Å²) >= 11 is 0. The Morgan fingerprint density at radius 2 is 1.65 bits per heavy atom. The molecule has 3 aromatic carbocycles. The number of aliphatic hydroxyl groups is 3. The molecule has 2 bridgehead atoms. The number of fused-ring (bicyclic) bond motifs is 2. The SMILES string of the molecule is COc1c(CN2O[C@@H](CO)[C@H]([C@H](C)O)[C@H]2C(O)N[C@H]2C[C@H]3C[C@@H]([C@@H]2C)C3(C)C)cccc1-c1cccc(C(=O)N[C@H](Cc2ccccc2)CN(C)C)c1OC. The Balaban J connectivity index is 1.27. The molecule has 3 aliphatic carbocycles. The third-order valence-corrected chi connectivity index (χ3v) is 12.9. The molecule has 1 unspecified atom stereocenters. The van der Waals surface area contributed by atoms with Gasteiger partial charge >= 0.3 is 0 Å². The van der Waals surface area contributed by atoms with E-state index in [4.69, 9.17) is 14.3 Å². The van der Waals surface area contributed by atoms with Crippen LogP contribution in [0.3, 0.4) is 0 Å². The summed E-state index contributed by atoms with van der Waals surface area (Å²) in [7, 11) is 7.15. The van der Waals surface area contributed by atoms with Gasteiger partial charge in [-0.25, -0.2) is 0 Å². The van der Waals surface area contributed by atoms with Gasteiger partial charge in [-0.2, -0.15) is 5.06 Å². The first-order chi connectivity index (χ1) is 26.3. The Bertz CT molecular complexity index is 1750. The summed E-state index contributed by atoms with van der Waals surface area (Å²) in [6.45, 7) is 9.22. The molecule has 11 nitrogen and oxygen atoms in total. The molecule has 10 atom stereocenters. The van der Waals surface area contributed by atoms with Gasteiger partial charge in [0.05, 0.1) is 45.1 Å². The van der Waals surface area contributed by atoms with Gasteiger partial charge in [-0.3, -0.25) is 14.9 Å². The van der Waals surface area contributed by atoms with Crippen LogP contribution in [0, 0.1) is 29.1 Å². The van der Waals surface area contributed by atoms with Crippen molar-refractivity contribution >= 4 is 5.91 Å². The molecule has 3 aromatic rings. The van der Waals surface area contributed by atoms with Gasteiger partial charge in [0.15, 0.2) is 0 Å². The molecule has 0 spiro atoms. The van der Waals surface area contributed by atoms with Crippen molar-refractivity contribution in [1.29, 1.82) is 0 Å². The maximum atomic E-state index is 14.0. The van der Waals surface area contributed by atoms with Crippen LogP contribution in [-0.2, 0) is 17.8 Å². The molecule has 1 amide bonds. The van der Waals surface area contributed by atoms with Gasteiger partial charge in [0.2, 0.25) is 0 Å². The number of carbonyl (C=O) groups excluding carboxylic acids is 1. The average Bonchev–Trinajstić information content (AvgIpc) is 3.53. The summed E-state index contributed by atoms with van der Waals surface area (Å²) in [5.41, 5.74) is 4.02. The molecular weight excluding hydrogens is 697 g/mol. The van der Waals surface area contributed by atoms with Crippen molar-refractivity contribution in [2.75, 3.05) is 41.5 Å². The first-order valence-electron chi connectivity index (χ1n) is 19.8. The molecule has 0 aromatic heterocycles. The predicted molar refractivity (Wildman–Crippen MR) is 213 cm³/mol. The lowest BCUT2D eigenvalue weighted by molar-refractivity contribution is -0.195. The molecule has 1 aliphatic heterocycles. The van der Waals surface area contributed by atoms with E-state index in [2.05, 4.69) is 48.4 Å². The molecule has 5 N–H and O–H groups in total. The zero-order valence-corrected chi connectivity index (χ0v) is 33.7. The maximum absolute atomic E-state index is 14.0.